The van der Waals surface area contributed by atoms with Crippen LogP contribution >= 0.6 is 12.8 Å². The number of halogens is 5. The molecule has 2 fully saturated rings. The summed E-state index contributed by atoms with van der Waals surface area (Å²) in [6, 6.07) is 7.62. The molecule has 0 aromatic heterocycles. The van der Waals surface area contributed by atoms with Crippen LogP contribution in [-0.2, 0) is 6.18 Å². The Bertz CT molecular complexity index is 915. The molecule has 1 unspecified atom stereocenters. The first-order valence-electron chi connectivity index (χ1n) is 10.6. The van der Waals surface area contributed by atoms with Crippen LogP contribution in [0, 0.1) is 11.6 Å². The molecular weight excluding hydrogens is 447 g/mol. The van der Waals surface area contributed by atoms with Crippen molar-refractivity contribution in [2.75, 3.05) is 26.2 Å². The highest BCUT2D eigenvalue weighted by molar-refractivity contribution is 7.77. The van der Waals surface area contributed by atoms with Gasteiger partial charge in [-0.3, -0.25) is 9.21 Å². The van der Waals surface area contributed by atoms with Gasteiger partial charge in [-0.15, -0.1) is 0 Å². The normalized spacial score (nSPS) is 20.2. The minimum Gasteiger partial charge on any atom is -0.482 e. The van der Waals surface area contributed by atoms with Crippen molar-refractivity contribution < 1.29 is 26.7 Å². The van der Waals surface area contributed by atoms with Crippen LogP contribution in [0.25, 0.3) is 0 Å². The molecule has 0 N–H and O–H groups in total. The molecule has 0 aliphatic carbocycles. The van der Waals surface area contributed by atoms with E-state index in [0.29, 0.717) is 18.7 Å². The molecular formula is C23H25F5N2OS. The lowest BCUT2D eigenvalue weighted by Crippen LogP contribution is -2.54. The van der Waals surface area contributed by atoms with Gasteiger partial charge in [0.15, 0.2) is 17.4 Å². The third kappa shape index (κ3) is 5.05. The molecule has 4 rings (SSSR count). The van der Waals surface area contributed by atoms with Crippen molar-refractivity contribution >= 4 is 12.8 Å². The highest BCUT2D eigenvalue weighted by Crippen LogP contribution is 2.35. The highest BCUT2D eigenvalue weighted by atomic mass is 32.1. The number of rotatable bonds is 5. The van der Waals surface area contributed by atoms with E-state index in [1.807, 2.05) is 16.1 Å². The summed E-state index contributed by atoms with van der Waals surface area (Å²) in [5.74, 6) is -1.68. The molecule has 0 saturated carbocycles. The lowest BCUT2D eigenvalue weighted by Gasteiger charge is -2.43. The maximum Gasteiger partial charge on any atom is 0.416 e. The van der Waals surface area contributed by atoms with E-state index < -0.39 is 23.4 Å². The van der Waals surface area contributed by atoms with Gasteiger partial charge in [-0.05, 0) is 61.1 Å². The van der Waals surface area contributed by atoms with Crippen LogP contribution in [0.15, 0.2) is 36.4 Å². The van der Waals surface area contributed by atoms with Gasteiger partial charge in [0.05, 0.1) is 5.56 Å². The lowest BCUT2D eigenvalue weighted by molar-refractivity contribution is -0.137. The summed E-state index contributed by atoms with van der Waals surface area (Å²) in [5.41, 5.74) is 0.689. The third-order valence-corrected chi connectivity index (χ3v) is 6.79. The van der Waals surface area contributed by atoms with Crippen LogP contribution in [0.5, 0.6) is 5.75 Å². The molecule has 1 atom stereocenters. The number of nitrogens with zero attached hydrogens (tertiary/aromatic N) is 2. The van der Waals surface area contributed by atoms with Gasteiger partial charge >= 0.3 is 6.18 Å². The standard InChI is InChI=1S/C23H25F5N2OS/c1-14(15-2-4-18(5-3-15)23(26,27)28)29-12-19(13-29)31-22-20(24)10-17(11-21(22)25)16-6-8-30(32)9-7-16/h2-5,10-11,14,16,19,32H,6-9,12-13H2,1H3. The van der Waals surface area contributed by atoms with E-state index in [0.717, 1.165) is 43.6 Å². The second kappa shape index (κ2) is 9.19. The average Bonchev–Trinajstić information content (AvgIpc) is 2.71. The Morgan fingerprint density at radius 1 is 1.00 bits per heavy atom. The molecule has 0 bridgehead atoms. The predicted molar refractivity (Wildman–Crippen MR) is 115 cm³/mol. The zero-order valence-electron chi connectivity index (χ0n) is 17.6. The summed E-state index contributed by atoms with van der Waals surface area (Å²) < 4.78 is 74.9. The first-order valence-corrected chi connectivity index (χ1v) is 11.0. The molecule has 174 valence electrons. The van der Waals surface area contributed by atoms with Crippen molar-refractivity contribution in [3.05, 3.63) is 64.7 Å². The quantitative estimate of drug-likeness (QED) is 0.436. The van der Waals surface area contributed by atoms with Gasteiger partial charge in [-0.1, -0.05) is 24.9 Å². The van der Waals surface area contributed by atoms with Gasteiger partial charge < -0.3 is 4.74 Å². The fraction of sp³-hybridized carbons (Fsp3) is 0.478. The zero-order valence-corrected chi connectivity index (χ0v) is 18.5. The molecule has 2 aromatic carbocycles. The molecule has 9 heteroatoms. The minimum absolute atomic E-state index is 0.0974. The van der Waals surface area contributed by atoms with E-state index in [1.54, 1.807) is 0 Å². The smallest absolute Gasteiger partial charge is 0.416 e. The SMILES string of the molecule is CC(c1ccc(C(F)(F)F)cc1)N1CC(Oc2c(F)cc(C3CCN(S)CC3)cc2F)C1. The largest absolute Gasteiger partial charge is 0.482 e. The van der Waals surface area contributed by atoms with Gasteiger partial charge in [-0.2, -0.15) is 13.2 Å². The van der Waals surface area contributed by atoms with E-state index in [9.17, 15) is 22.0 Å². The summed E-state index contributed by atoms with van der Waals surface area (Å²) in [5, 5.41) is 0. The van der Waals surface area contributed by atoms with Gasteiger partial charge in [0.1, 0.15) is 6.10 Å². The summed E-state index contributed by atoms with van der Waals surface area (Å²) in [6.07, 6.45) is -3.16. The Morgan fingerprint density at radius 3 is 2.09 bits per heavy atom. The molecule has 2 aromatic rings. The molecule has 2 aliphatic rings. The first kappa shape index (κ1) is 23.3. The van der Waals surface area contributed by atoms with E-state index in [2.05, 4.69) is 12.8 Å². The topological polar surface area (TPSA) is 15.7 Å². The monoisotopic (exact) mass is 472 g/mol. The number of ether oxygens (including phenoxy) is 1. The third-order valence-electron chi connectivity index (χ3n) is 6.39. The van der Waals surface area contributed by atoms with Crippen LogP contribution in [-0.4, -0.2) is 41.5 Å². The van der Waals surface area contributed by atoms with Crippen molar-refractivity contribution in [1.29, 1.82) is 0 Å². The van der Waals surface area contributed by atoms with E-state index in [4.69, 9.17) is 4.74 Å². The molecule has 3 nitrogen and oxygen atoms in total. The molecule has 2 aliphatic heterocycles. The molecule has 2 saturated heterocycles. The highest BCUT2D eigenvalue weighted by Gasteiger charge is 2.35. The molecule has 0 radical (unpaired) electrons. The number of alkyl halides is 3. The maximum atomic E-state index is 14.6. The lowest BCUT2D eigenvalue weighted by atomic mass is 9.90. The van der Waals surface area contributed by atoms with Crippen LogP contribution in [0.2, 0.25) is 0 Å². The maximum absolute atomic E-state index is 14.6. The fourth-order valence-corrected chi connectivity index (χ4v) is 4.55. The number of hydrogen-bond acceptors (Lipinski definition) is 4. The second-order valence-electron chi connectivity index (χ2n) is 8.53. The molecule has 32 heavy (non-hydrogen) atoms. The van der Waals surface area contributed by atoms with Crippen LogP contribution in [0.4, 0.5) is 22.0 Å². The van der Waals surface area contributed by atoms with Crippen LogP contribution in [0.3, 0.4) is 0 Å². The second-order valence-corrected chi connectivity index (χ2v) is 9.10. The number of hydrogen-bond donors (Lipinski definition) is 1. The Morgan fingerprint density at radius 2 is 1.56 bits per heavy atom. The van der Waals surface area contributed by atoms with Gasteiger partial charge in [-0.25, -0.2) is 8.78 Å². The van der Waals surface area contributed by atoms with Crippen molar-refractivity contribution in [3.8, 4) is 5.75 Å². The molecule has 0 amide bonds. The van der Waals surface area contributed by atoms with Crippen LogP contribution < -0.4 is 4.74 Å². The van der Waals surface area contributed by atoms with Gasteiger partial charge in [0, 0.05) is 32.2 Å². The zero-order chi connectivity index (χ0) is 23.0. The molecule has 2 heterocycles. The Hall–Kier alpha value is -1.84. The van der Waals surface area contributed by atoms with E-state index in [1.165, 1.54) is 24.3 Å². The van der Waals surface area contributed by atoms with E-state index in [-0.39, 0.29) is 23.8 Å². The van der Waals surface area contributed by atoms with Crippen molar-refractivity contribution in [3.63, 3.8) is 0 Å². The Kier molecular flexibility index (Phi) is 6.70. The fourth-order valence-electron chi connectivity index (χ4n) is 4.32. The first-order chi connectivity index (χ1) is 15.1. The average molecular weight is 473 g/mol. The number of thiol groups is 1. The summed E-state index contributed by atoms with van der Waals surface area (Å²) in [6.45, 7) is 4.28. The Labute approximate surface area is 189 Å². The van der Waals surface area contributed by atoms with Gasteiger partial charge in [0.2, 0.25) is 0 Å². The molecule has 0 spiro atoms. The van der Waals surface area contributed by atoms with Gasteiger partial charge in [0.25, 0.3) is 0 Å². The number of piperidine rings is 1. The van der Waals surface area contributed by atoms with Crippen LogP contribution in [0.1, 0.15) is 48.4 Å². The van der Waals surface area contributed by atoms with E-state index >= 15 is 0 Å². The van der Waals surface area contributed by atoms with Crippen molar-refractivity contribution in [2.24, 2.45) is 0 Å². The summed E-state index contributed by atoms with van der Waals surface area (Å²) in [4.78, 5) is 1.99. The summed E-state index contributed by atoms with van der Waals surface area (Å²) >= 11 is 4.30. The number of likely N-dealkylation sites (tertiary alicyclic amines) is 1. The Balaban J connectivity index is 1.34. The van der Waals surface area contributed by atoms with Crippen molar-refractivity contribution in [1.82, 2.24) is 9.21 Å². The number of benzene rings is 2. The predicted octanol–water partition coefficient (Wildman–Crippen LogP) is 5.83. The minimum atomic E-state index is -4.37. The summed E-state index contributed by atoms with van der Waals surface area (Å²) in [7, 11) is 0. The van der Waals surface area contributed by atoms with Crippen molar-refractivity contribution in [2.45, 2.75) is 44.0 Å².